The molecule has 1 aromatic heterocycles. The summed E-state index contributed by atoms with van der Waals surface area (Å²) >= 11 is 0. The Morgan fingerprint density at radius 3 is 2.95 bits per heavy atom. The third kappa shape index (κ3) is 3.43. The van der Waals surface area contributed by atoms with Gasteiger partial charge in [0.15, 0.2) is 11.5 Å². The Hall–Kier alpha value is -1.65. The maximum Gasteiger partial charge on any atom is 0.273 e. The lowest BCUT2D eigenvalue weighted by atomic mass is 9.96. The summed E-state index contributed by atoms with van der Waals surface area (Å²) in [5.74, 6) is 0.601. The molecule has 19 heavy (non-hydrogen) atoms. The molecule has 1 heterocycles. The second-order valence-electron chi connectivity index (χ2n) is 5.20. The van der Waals surface area contributed by atoms with E-state index in [1.165, 1.54) is 44.5 Å². The monoisotopic (exact) mass is 262 g/mol. The largest absolute Gasteiger partial charge is 0.382 e. The van der Waals surface area contributed by atoms with Crippen molar-refractivity contribution in [3.8, 4) is 0 Å². The zero-order valence-electron chi connectivity index (χ0n) is 11.4. The highest BCUT2D eigenvalue weighted by Gasteiger charge is 2.28. The molecular formula is C14H22N4O. The Morgan fingerprint density at radius 2 is 2.21 bits per heavy atom. The van der Waals surface area contributed by atoms with Gasteiger partial charge in [-0.2, -0.15) is 0 Å². The SMILES string of the molecule is CCCCC1CCCC1NC(=O)c1nccnc1N. The molecule has 0 bridgehead atoms. The minimum absolute atomic E-state index is 0.195. The number of nitrogens with zero attached hydrogens (tertiary/aromatic N) is 2. The van der Waals surface area contributed by atoms with Crippen LogP contribution in [0.1, 0.15) is 55.9 Å². The molecule has 0 spiro atoms. The van der Waals surface area contributed by atoms with Crippen LogP contribution in [0.5, 0.6) is 0 Å². The first-order chi connectivity index (χ1) is 9.22. The third-order valence-corrected chi connectivity index (χ3v) is 3.85. The average molecular weight is 262 g/mol. The van der Waals surface area contributed by atoms with E-state index in [0.29, 0.717) is 5.92 Å². The summed E-state index contributed by atoms with van der Waals surface area (Å²) in [6.07, 6.45) is 10.1. The molecule has 1 saturated carbocycles. The summed E-state index contributed by atoms with van der Waals surface area (Å²) in [5.41, 5.74) is 5.92. The van der Waals surface area contributed by atoms with Gasteiger partial charge in [-0.3, -0.25) is 4.79 Å². The Kier molecular flexibility index (Phi) is 4.71. The predicted molar refractivity (Wildman–Crippen MR) is 74.6 cm³/mol. The van der Waals surface area contributed by atoms with Crippen molar-refractivity contribution in [2.75, 3.05) is 5.73 Å². The summed E-state index contributed by atoms with van der Waals surface area (Å²) in [7, 11) is 0. The first-order valence-electron chi connectivity index (χ1n) is 7.09. The zero-order valence-corrected chi connectivity index (χ0v) is 11.4. The molecule has 2 rings (SSSR count). The fraction of sp³-hybridized carbons (Fsp3) is 0.643. The molecule has 1 aliphatic carbocycles. The fourth-order valence-corrected chi connectivity index (χ4v) is 2.80. The van der Waals surface area contributed by atoms with E-state index in [-0.39, 0.29) is 23.5 Å². The van der Waals surface area contributed by atoms with Gasteiger partial charge in [0.1, 0.15) is 0 Å². The average Bonchev–Trinajstić information content (AvgIpc) is 2.84. The normalized spacial score (nSPS) is 22.4. The molecule has 2 atom stereocenters. The molecule has 1 fully saturated rings. The molecule has 0 aromatic carbocycles. The van der Waals surface area contributed by atoms with Crippen LogP contribution in [0.25, 0.3) is 0 Å². The van der Waals surface area contributed by atoms with Gasteiger partial charge in [-0.25, -0.2) is 9.97 Å². The van der Waals surface area contributed by atoms with E-state index in [1.807, 2.05) is 0 Å². The number of nitrogens with two attached hydrogens (primary N) is 1. The molecule has 5 nitrogen and oxygen atoms in total. The van der Waals surface area contributed by atoms with Crippen LogP contribution in [0.2, 0.25) is 0 Å². The van der Waals surface area contributed by atoms with Crippen LogP contribution in [0.15, 0.2) is 12.4 Å². The van der Waals surface area contributed by atoms with Crippen LogP contribution in [-0.2, 0) is 0 Å². The van der Waals surface area contributed by atoms with E-state index in [0.717, 1.165) is 6.42 Å². The minimum Gasteiger partial charge on any atom is -0.382 e. The summed E-state index contributed by atoms with van der Waals surface area (Å²) < 4.78 is 0. The molecule has 2 unspecified atom stereocenters. The lowest BCUT2D eigenvalue weighted by Gasteiger charge is -2.20. The zero-order chi connectivity index (χ0) is 13.7. The van der Waals surface area contributed by atoms with Gasteiger partial charge in [0.05, 0.1) is 0 Å². The van der Waals surface area contributed by atoms with Crippen molar-refractivity contribution in [3.63, 3.8) is 0 Å². The minimum atomic E-state index is -0.195. The summed E-state index contributed by atoms with van der Waals surface area (Å²) in [4.78, 5) is 20.1. The molecule has 1 aromatic rings. The Balaban J connectivity index is 1.96. The van der Waals surface area contributed by atoms with E-state index in [9.17, 15) is 4.79 Å². The molecule has 5 heteroatoms. The Morgan fingerprint density at radius 1 is 1.42 bits per heavy atom. The van der Waals surface area contributed by atoms with E-state index in [2.05, 4.69) is 22.2 Å². The molecule has 104 valence electrons. The van der Waals surface area contributed by atoms with Crippen LogP contribution < -0.4 is 11.1 Å². The third-order valence-electron chi connectivity index (χ3n) is 3.85. The number of carbonyl (C=O) groups excluding carboxylic acids is 1. The Labute approximate surface area is 114 Å². The standard InChI is InChI=1S/C14H22N4O/c1-2-3-5-10-6-4-7-11(10)18-14(19)12-13(15)17-9-8-16-12/h8-11H,2-7H2,1H3,(H2,15,17)(H,18,19). The van der Waals surface area contributed by atoms with E-state index >= 15 is 0 Å². The van der Waals surface area contributed by atoms with Crippen molar-refractivity contribution in [1.82, 2.24) is 15.3 Å². The molecule has 1 aliphatic rings. The van der Waals surface area contributed by atoms with Crippen molar-refractivity contribution in [3.05, 3.63) is 18.1 Å². The van der Waals surface area contributed by atoms with Crippen molar-refractivity contribution in [1.29, 1.82) is 0 Å². The molecule has 0 saturated heterocycles. The number of anilines is 1. The second kappa shape index (κ2) is 6.50. The highest BCUT2D eigenvalue weighted by atomic mass is 16.2. The number of unbranched alkanes of at least 4 members (excludes halogenated alkanes) is 1. The topological polar surface area (TPSA) is 80.9 Å². The smallest absolute Gasteiger partial charge is 0.273 e. The van der Waals surface area contributed by atoms with Gasteiger partial charge in [0.25, 0.3) is 5.91 Å². The summed E-state index contributed by atoms with van der Waals surface area (Å²) in [6.45, 7) is 2.20. The number of nitrogens with one attached hydrogen (secondary N) is 1. The Bertz CT molecular complexity index is 435. The quantitative estimate of drug-likeness (QED) is 0.852. The number of rotatable bonds is 5. The van der Waals surface area contributed by atoms with Gasteiger partial charge in [0, 0.05) is 18.4 Å². The first-order valence-corrected chi connectivity index (χ1v) is 7.09. The van der Waals surface area contributed by atoms with Crippen LogP contribution in [0, 0.1) is 5.92 Å². The van der Waals surface area contributed by atoms with Gasteiger partial charge in [0.2, 0.25) is 0 Å². The number of aromatic nitrogens is 2. The maximum absolute atomic E-state index is 12.1. The van der Waals surface area contributed by atoms with Crippen molar-refractivity contribution < 1.29 is 4.79 Å². The summed E-state index contributed by atoms with van der Waals surface area (Å²) in [6, 6.07) is 0.264. The molecule has 3 N–H and O–H groups in total. The van der Waals surface area contributed by atoms with Crippen LogP contribution in [0.3, 0.4) is 0 Å². The van der Waals surface area contributed by atoms with Crippen molar-refractivity contribution in [2.45, 2.75) is 51.5 Å². The highest BCUT2D eigenvalue weighted by molar-refractivity contribution is 5.96. The van der Waals surface area contributed by atoms with Crippen LogP contribution in [0.4, 0.5) is 5.82 Å². The van der Waals surface area contributed by atoms with E-state index in [1.54, 1.807) is 0 Å². The molecule has 0 aliphatic heterocycles. The van der Waals surface area contributed by atoms with Crippen LogP contribution in [-0.4, -0.2) is 21.9 Å². The van der Waals surface area contributed by atoms with Gasteiger partial charge in [-0.1, -0.05) is 26.2 Å². The molecule has 0 radical (unpaired) electrons. The van der Waals surface area contributed by atoms with Gasteiger partial charge < -0.3 is 11.1 Å². The second-order valence-corrected chi connectivity index (χ2v) is 5.20. The van der Waals surface area contributed by atoms with E-state index in [4.69, 9.17) is 5.73 Å². The number of nitrogen functional groups attached to an aromatic ring is 1. The number of hydrogen-bond acceptors (Lipinski definition) is 4. The van der Waals surface area contributed by atoms with Crippen molar-refractivity contribution in [2.24, 2.45) is 5.92 Å². The lowest BCUT2D eigenvalue weighted by molar-refractivity contribution is 0.0922. The number of hydrogen-bond donors (Lipinski definition) is 2. The van der Waals surface area contributed by atoms with Crippen molar-refractivity contribution >= 4 is 11.7 Å². The van der Waals surface area contributed by atoms with Crippen LogP contribution >= 0.6 is 0 Å². The van der Waals surface area contributed by atoms with Gasteiger partial charge >= 0.3 is 0 Å². The predicted octanol–water partition coefficient (Wildman–Crippen LogP) is 2.15. The highest BCUT2D eigenvalue weighted by Crippen LogP contribution is 2.30. The number of amides is 1. The first kappa shape index (κ1) is 13.8. The summed E-state index contributed by atoms with van der Waals surface area (Å²) in [5, 5.41) is 3.07. The molecule has 1 amide bonds. The van der Waals surface area contributed by atoms with Gasteiger partial charge in [-0.15, -0.1) is 0 Å². The van der Waals surface area contributed by atoms with E-state index < -0.39 is 0 Å². The lowest BCUT2D eigenvalue weighted by Crippen LogP contribution is -2.38. The number of carbonyl (C=O) groups is 1. The van der Waals surface area contributed by atoms with Gasteiger partial charge in [-0.05, 0) is 25.2 Å². The molecular weight excluding hydrogens is 240 g/mol. The fourth-order valence-electron chi connectivity index (χ4n) is 2.80. The maximum atomic E-state index is 12.1.